The maximum Gasteiger partial charge on any atom is 0.308 e. The number of rotatable bonds is 3. The molecular formula is C27H32ClN5O4. The summed E-state index contributed by atoms with van der Waals surface area (Å²) in [6.45, 7) is 6.19. The van der Waals surface area contributed by atoms with E-state index in [4.69, 9.17) is 16.3 Å². The first-order valence-electron chi connectivity index (χ1n) is 11.9. The molecule has 2 aliphatic rings. The number of amidine groups is 1. The maximum atomic E-state index is 11.9. The lowest BCUT2D eigenvalue weighted by molar-refractivity contribution is -0.154. The zero-order valence-corrected chi connectivity index (χ0v) is 22.5. The maximum absolute atomic E-state index is 11.9. The molecule has 9 nitrogen and oxygen atoms in total. The molecule has 0 saturated heterocycles. The summed E-state index contributed by atoms with van der Waals surface area (Å²) < 4.78 is 5.31. The van der Waals surface area contributed by atoms with Crippen molar-refractivity contribution in [3.63, 3.8) is 0 Å². The molecular weight excluding hydrogens is 494 g/mol. The van der Waals surface area contributed by atoms with E-state index in [1.54, 1.807) is 11.9 Å². The van der Waals surface area contributed by atoms with Crippen molar-refractivity contribution in [3.8, 4) is 0 Å². The van der Waals surface area contributed by atoms with Gasteiger partial charge in [-0.1, -0.05) is 35.9 Å². The summed E-state index contributed by atoms with van der Waals surface area (Å²) in [5.41, 5.74) is 2.72. The largest absolute Gasteiger partial charge is 0.460 e. The van der Waals surface area contributed by atoms with Crippen LogP contribution in [0.3, 0.4) is 0 Å². The first-order valence-corrected chi connectivity index (χ1v) is 12.3. The Bertz CT molecular complexity index is 1240. The lowest BCUT2D eigenvalue weighted by atomic mass is 10.1. The van der Waals surface area contributed by atoms with Gasteiger partial charge in [0, 0.05) is 31.8 Å². The van der Waals surface area contributed by atoms with Gasteiger partial charge in [0.15, 0.2) is 0 Å². The van der Waals surface area contributed by atoms with Gasteiger partial charge in [-0.05, 0) is 45.0 Å². The Morgan fingerprint density at radius 3 is 2.41 bits per heavy atom. The Balaban J connectivity index is 0.000000231. The minimum Gasteiger partial charge on any atom is -0.460 e. The molecule has 2 aromatic rings. The number of esters is 1. The van der Waals surface area contributed by atoms with Gasteiger partial charge in [0.05, 0.1) is 17.8 Å². The molecule has 196 valence electrons. The van der Waals surface area contributed by atoms with E-state index in [-0.39, 0.29) is 37.3 Å². The number of nitrogens with one attached hydrogen (secondary N) is 1. The van der Waals surface area contributed by atoms with E-state index in [2.05, 4.69) is 15.3 Å². The number of fused-ring (bicyclic) bond motifs is 2. The quantitative estimate of drug-likeness (QED) is 0.615. The molecule has 2 aliphatic heterocycles. The lowest BCUT2D eigenvalue weighted by Crippen LogP contribution is -2.32. The Morgan fingerprint density at radius 2 is 1.70 bits per heavy atom. The molecule has 4 rings (SSSR count). The highest BCUT2D eigenvalue weighted by atomic mass is 35.5. The zero-order valence-electron chi connectivity index (χ0n) is 21.7. The molecule has 0 saturated carbocycles. The van der Waals surface area contributed by atoms with Crippen molar-refractivity contribution in [3.05, 3.63) is 59.7 Å². The number of anilines is 2. The van der Waals surface area contributed by atoms with Gasteiger partial charge in [-0.3, -0.25) is 24.4 Å². The van der Waals surface area contributed by atoms with Crippen LogP contribution in [-0.2, 0) is 19.1 Å². The molecule has 0 atom stereocenters. The summed E-state index contributed by atoms with van der Waals surface area (Å²) in [5.74, 6) is 0.254. The van der Waals surface area contributed by atoms with E-state index >= 15 is 0 Å². The van der Waals surface area contributed by atoms with Crippen LogP contribution in [0.4, 0.5) is 11.4 Å². The number of amides is 2. The lowest BCUT2D eigenvalue weighted by Gasteiger charge is -2.23. The van der Waals surface area contributed by atoms with E-state index < -0.39 is 5.60 Å². The number of ether oxygens (including phenoxy) is 1. The van der Waals surface area contributed by atoms with Crippen LogP contribution in [0.1, 0.15) is 38.3 Å². The van der Waals surface area contributed by atoms with E-state index in [1.807, 2.05) is 81.2 Å². The first-order chi connectivity index (χ1) is 17.5. The molecule has 0 aliphatic carbocycles. The summed E-state index contributed by atoms with van der Waals surface area (Å²) in [6.07, 6.45) is 0.260. The fourth-order valence-corrected chi connectivity index (χ4v) is 3.92. The van der Waals surface area contributed by atoms with Crippen molar-refractivity contribution in [1.29, 1.82) is 0 Å². The molecule has 2 heterocycles. The van der Waals surface area contributed by atoms with E-state index in [0.29, 0.717) is 17.6 Å². The Kier molecular flexibility index (Phi) is 9.04. The van der Waals surface area contributed by atoms with Crippen molar-refractivity contribution in [2.75, 3.05) is 43.9 Å². The fourth-order valence-electron chi connectivity index (χ4n) is 3.70. The smallest absolute Gasteiger partial charge is 0.308 e. The van der Waals surface area contributed by atoms with Gasteiger partial charge < -0.3 is 19.9 Å². The van der Waals surface area contributed by atoms with Gasteiger partial charge in [-0.15, -0.1) is 0 Å². The molecule has 37 heavy (non-hydrogen) atoms. The Hall–Kier alpha value is -3.72. The zero-order chi connectivity index (χ0) is 27.2. The van der Waals surface area contributed by atoms with Crippen molar-refractivity contribution in [2.45, 2.75) is 32.8 Å². The number of nitrogens with zero attached hydrogens (tertiary/aromatic N) is 4. The van der Waals surface area contributed by atoms with Crippen LogP contribution >= 0.6 is 11.6 Å². The number of para-hydroxylation sites is 2. The van der Waals surface area contributed by atoms with Gasteiger partial charge in [0.2, 0.25) is 11.8 Å². The predicted octanol–water partition coefficient (Wildman–Crippen LogP) is 3.70. The van der Waals surface area contributed by atoms with E-state index in [0.717, 1.165) is 22.5 Å². The van der Waals surface area contributed by atoms with Gasteiger partial charge in [0.1, 0.15) is 29.7 Å². The minimum absolute atomic E-state index is 0.0481. The number of carbonyl (C=O) groups excluding carboxylic acids is 3. The Morgan fingerprint density at radius 1 is 1.05 bits per heavy atom. The molecule has 0 spiro atoms. The van der Waals surface area contributed by atoms with Crippen molar-refractivity contribution >= 4 is 51.8 Å². The summed E-state index contributed by atoms with van der Waals surface area (Å²) in [7, 11) is 3.59. The number of benzodiazepines with no additional fused rings is 2. The fraction of sp³-hybridized carbons (Fsp3) is 0.370. The minimum atomic E-state index is -0.488. The van der Waals surface area contributed by atoms with Crippen LogP contribution < -0.4 is 10.2 Å². The molecule has 2 aromatic carbocycles. The van der Waals surface area contributed by atoms with Crippen LogP contribution in [0, 0.1) is 0 Å². The van der Waals surface area contributed by atoms with Gasteiger partial charge in [0.25, 0.3) is 0 Å². The van der Waals surface area contributed by atoms with E-state index in [1.165, 1.54) is 0 Å². The van der Waals surface area contributed by atoms with Crippen LogP contribution in [0.25, 0.3) is 0 Å². The summed E-state index contributed by atoms with van der Waals surface area (Å²) in [5, 5.41) is 3.23. The average Bonchev–Trinajstić information content (AvgIpc) is 3.08. The molecule has 0 unspecified atom stereocenters. The molecule has 2 amide bonds. The second kappa shape index (κ2) is 12.0. The third-order valence-corrected chi connectivity index (χ3v) is 5.79. The SMILES string of the molecule is CN(CCC(=O)OC(C)(C)C)C1=NCC(=O)Nc2ccccc21.CN1C(=O)CN=C(Cl)c2ccccc21. The molecule has 0 bridgehead atoms. The topological polar surface area (TPSA) is 104 Å². The summed E-state index contributed by atoms with van der Waals surface area (Å²) in [4.78, 5) is 46.9. The van der Waals surface area contributed by atoms with Crippen molar-refractivity contribution < 1.29 is 19.1 Å². The molecule has 1 N–H and O–H groups in total. The standard InChI is InChI=1S/C17H23N3O3.C10H9ClN2O/c1-17(2,3)23-15(22)9-10-20(4)16-12-7-5-6-8-13(12)19-14(21)11-18-16;1-13-8-5-3-2-4-7(8)10(11)12-6-9(13)14/h5-8H,9-11H2,1-4H3,(H,19,21);2-5H,6H2,1H3. The molecule has 10 heteroatoms. The Labute approximate surface area is 222 Å². The molecule has 0 aromatic heterocycles. The number of hydrogen-bond donors (Lipinski definition) is 1. The highest BCUT2D eigenvalue weighted by Gasteiger charge is 2.22. The van der Waals surface area contributed by atoms with Crippen molar-refractivity contribution in [2.24, 2.45) is 9.98 Å². The molecule has 0 radical (unpaired) electrons. The van der Waals surface area contributed by atoms with Gasteiger partial charge in [-0.2, -0.15) is 0 Å². The monoisotopic (exact) mass is 525 g/mol. The number of hydrogen-bond acceptors (Lipinski definition) is 7. The number of benzene rings is 2. The predicted molar refractivity (Wildman–Crippen MR) is 147 cm³/mol. The highest BCUT2D eigenvalue weighted by molar-refractivity contribution is 6.70. The van der Waals surface area contributed by atoms with Crippen LogP contribution in [0.15, 0.2) is 58.5 Å². The highest BCUT2D eigenvalue weighted by Crippen LogP contribution is 2.24. The second-order valence-electron chi connectivity index (χ2n) is 9.57. The summed E-state index contributed by atoms with van der Waals surface area (Å²) in [6, 6.07) is 15.0. The van der Waals surface area contributed by atoms with Crippen LogP contribution in [0.2, 0.25) is 0 Å². The van der Waals surface area contributed by atoms with Crippen LogP contribution in [-0.4, -0.2) is 73.0 Å². The van der Waals surface area contributed by atoms with Crippen LogP contribution in [0.5, 0.6) is 0 Å². The first kappa shape index (κ1) is 27.9. The van der Waals surface area contributed by atoms with E-state index in [9.17, 15) is 14.4 Å². The number of halogens is 1. The van der Waals surface area contributed by atoms with Crippen molar-refractivity contribution in [1.82, 2.24) is 4.90 Å². The molecule has 0 fully saturated rings. The third-order valence-electron chi connectivity index (χ3n) is 5.46. The third kappa shape index (κ3) is 7.63. The average molecular weight is 526 g/mol. The normalized spacial score (nSPS) is 14.9. The number of carbonyl (C=O) groups is 3. The summed E-state index contributed by atoms with van der Waals surface area (Å²) >= 11 is 5.95. The second-order valence-corrected chi connectivity index (χ2v) is 9.93. The van der Waals surface area contributed by atoms with Gasteiger partial charge in [-0.25, -0.2) is 0 Å². The van der Waals surface area contributed by atoms with Gasteiger partial charge >= 0.3 is 5.97 Å². The number of likely N-dealkylation sites (N-methyl/N-ethyl adjacent to an activating group) is 1. The number of aliphatic imine (C=N–C) groups is 2.